The van der Waals surface area contributed by atoms with Crippen molar-refractivity contribution in [2.45, 2.75) is 31.7 Å². The standard InChI is InChI=1S/C14H21NO6S/c15-13(14(16)17)10-11-4-6-12(7-5-11)21-8-2-1-3-9-22(18,19)20/h4-7,13H,1-3,8-10,15H2,(H,16,17)(H,18,19,20)/t13-/m0/s1. The van der Waals surface area contributed by atoms with Crippen molar-refractivity contribution in [2.24, 2.45) is 5.73 Å². The van der Waals surface area contributed by atoms with E-state index in [9.17, 15) is 13.2 Å². The Bertz CT molecular complexity index is 570. The molecule has 0 aliphatic rings. The fourth-order valence-electron chi connectivity index (χ4n) is 1.82. The Morgan fingerprint density at radius 1 is 1.18 bits per heavy atom. The SMILES string of the molecule is N[C@@H](Cc1ccc(OCCCCCS(=O)(=O)O)cc1)C(=O)O. The molecule has 0 aromatic heterocycles. The van der Waals surface area contributed by atoms with Gasteiger partial charge in [0.15, 0.2) is 0 Å². The third-order valence-corrected chi connectivity index (χ3v) is 3.82. The zero-order chi connectivity index (χ0) is 16.6. The molecule has 1 aromatic carbocycles. The average Bonchev–Trinajstić information content (AvgIpc) is 2.43. The normalized spacial score (nSPS) is 12.8. The summed E-state index contributed by atoms with van der Waals surface area (Å²) in [4.78, 5) is 10.7. The highest BCUT2D eigenvalue weighted by Gasteiger charge is 2.11. The van der Waals surface area contributed by atoms with E-state index in [-0.39, 0.29) is 12.2 Å². The number of unbranched alkanes of at least 4 members (excludes halogenated alkanes) is 2. The van der Waals surface area contributed by atoms with Crippen molar-refractivity contribution >= 4 is 16.1 Å². The van der Waals surface area contributed by atoms with E-state index in [2.05, 4.69) is 0 Å². The van der Waals surface area contributed by atoms with Gasteiger partial charge in [-0.1, -0.05) is 12.1 Å². The minimum atomic E-state index is -3.88. The predicted molar refractivity (Wildman–Crippen MR) is 81.5 cm³/mol. The number of ether oxygens (including phenoxy) is 1. The molecule has 0 spiro atoms. The number of hydrogen-bond acceptors (Lipinski definition) is 5. The minimum absolute atomic E-state index is 0.231. The Balaban J connectivity index is 2.26. The number of carbonyl (C=O) groups is 1. The van der Waals surface area contributed by atoms with Crippen LogP contribution in [0.1, 0.15) is 24.8 Å². The molecule has 0 aliphatic carbocycles. The predicted octanol–water partition coefficient (Wildman–Crippen LogP) is 1.08. The number of nitrogens with two attached hydrogens (primary N) is 1. The van der Waals surface area contributed by atoms with Gasteiger partial charge in [0.1, 0.15) is 11.8 Å². The lowest BCUT2D eigenvalue weighted by atomic mass is 10.1. The largest absolute Gasteiger partial charge is 0.494 e. The molecule has 1 rings (SSSR count). The smallest absolute Gasteiger partial charge is 0.320 e. The number of benzene rings is 1. The summed E-state index contributed by atoms with van der Waals surface area (Å²) in [7, 11) is -3.88. The lowest BCUT2D eigenvalue weighted by Gasteiger charge is -2.09. The van der Waals surface area contributed by atoms with Crippen LogP contribution < -0.4 is 10.5 Å². The lowest BCUT2D eigenvalue weighted by Crippen LogP contribution is -2.32. The van der Waals surface area contributed by atoms with Crippen molar-refractivity contribution in [3.63, 3.8) is 0 Å². The van der Waals surface area contributed by atoms with E-state index in [1.807, 2.05) is 0 Å². The molecule has 22 heavy (non-hydrogen) atoms. The second kappa shape index (κ2) is 8.72. The van der Waals surface area contributed by atoms with Gasteiger partial charge >= 0.3 is 5.97 Å². The highest BCUT2D eigenvalue weighted by Crippen LogP contribution is 2.14. The molecular formula is C14H21NO6S. The van der Waals surface area contributed by atoms with Gasteiger partial charge in [-0.25, -0.2) is 0 Å². The maximum Gasteiger partial charge on any atom is 0.320 e. The quantitative estimate of drug-likeness (QED) is 0.432. The summed E-state index contributed by atoms with van der Waals surface area (Å²) in [6.45, 7) is 0.444. The molecule has 0 unspecified atom stereocenters. The van der Waals surface area contributed by atoms with Crippen molar-refractivity contribution in [3.05, 3.63) is 29.8 Å². The third kappa shape index (κ3) is 7.96. The van der Waals surface area contributed by atoms with E-state index < -0.39 is 22.1 Å². The molecule has 1 atom stereocenters. The van der Waals surface area contributed by atoms with Crippen molar-refractivity contribution in [1.29, 1.82) is 0 Å². The maximum absolute atomic E-state index is 10.7. The van der Waals surface area contributed by atoms with Gasteiger partial charge in [0.05, 0.1) is 12.4 Å². The van der Waals surface area contributed by atoms with Crippen LogP contribution in [0.2, 0.25) is 0 Å². The summed E-state index contributed by atoms with van der Waals surface area (Å²) in [5, 5.41) is 8.73. The highest BCUT2D eigenvalue weighted by molar-refractivity contribution is 7.85. The zero-order valence-electron chi connectivity index (χ0n) is 12.1. The number of rotatable bonds is 10. The van der Waals surface area contributed by atoms with Crippen LogP contribution in [0.5, 0.6) is 5.75 Å². The minimum Gasteiger partial charge on any atom is -0.494 e. The van der Waals surface area contributed by atoms with Gasteiger partial charge in [0.25, 0.3) is 10.1 Å². The molecule has 0 bridgehead atoms. The van der Waals surface area contributed by atoms with Crippen molar-refractivity contribution in [1.82, 2.24) is 0 Å². The van der Waals surface area contributed by atoms with Crippen molar-refractivity contribution in [3.8, 4) is 5.75 Å². The Labute approximate surface area is 129 Å². The first-order valence-electron chi connectivity index (χ1n) is 6.93. The summed E-state index contributed by atoms with van der Waals surface area (Å²) in [6, 6.07) is 6.08. The Kier molecular flexibility index (Phi) is 7.30. The van der Waals surface area contributed by atoms with Gasteiger partial charge in [0.2, 0.25) is 0 Å². The van der Waals surface area contributed by atoms with Crippen LogP contribution in [-0.2, 0) is 21.3 Å². The van der Waals surface area contributed by atoms with Gasteiger partial charge in [-0.05, 0) is 43.4 Å². The van der Waals surface area contributed by atoms with Gasteiger partial charge in [-0.2, -0.15) is 8.42 Å². The monoisotopic (exact) mass is 331 g/mol. The van der Waals surface area contributed by atoms with Gasteiger partial charge in [0, 0.05) is 0 Å². The molecule has 0 radical (unpaired) electrons. The molecule has 0 fully saturated rings. The summed E-state index contributed by atoms with van der Waals surface area (Å²) in [6.07, 6.45) is 1.98. The van der Waals surface area contributed by atoms with Gasteiger partial charge in [-0.3, -0.25) is 9.35 Å². The molecule has 4 N–H and O–H groups in total. The van der Waals surface area contributed by atoms with Crippen LogP contribution >= 0.6 is 0 Å². The third-order valence-electron chi connectivity index (χ3n) is 3.01. The summed E-state index contributed by atoms with van der Waals surface area (Å²) < 4.78 is 35.1. The zero-order valence-corrected chi connectivity index (χ0v) is 13.0. The van der Waals surface area contributed by atoms with Gasteiger partial charge < -0.3 is 15.6 Å². The second-order valence-corrected chi connectivity index (χ2v) is 6.56. The number of carboxylic acid groups (broad SMARTS) is 1. The molecule has 7 nitrogen and oxygen atoms in total. The first-order chi connectivity index (χ1) is 10.3. The van der Waals surface area contributed by atoms with Crippen LogP contribution in [0.3, 0.4) is 0 Å². The molecule has 124 valence electrons. The van der Waals surface area contributed by atoms with E-state index in [0.717, 1.165) is 5.56 Å². The molecule has 8 heteroatoms. The molecule has 0 heterocycles. The van der Waals surface area contributed by atoms with Crippen LogP contribution in [0.25, 0.3) is 0 Å². The summed E-state index contributed by atoms with van der Waals surface area (Å²) in [5.74, 6) is -0.612. The number of hydrogen-bond donors (Lipinski definition) is 3. The Hall–Kier alpha value is -1.64. The topological polar surface area (TPSA) is 127 Å². The first-order valence-corrected chi connectivity index (χ1v) is 8.54. The number of aliphatic carboxylic acids is 1. The molecule has 0 aliphatic heterocycles. The molecule has 0 saturated carbocycles. The van der Waals surface area contributed by atoms with Crippen molar-refractivity contribution < 1.29 is 27.6 Å². The molecule has 1 aromatic rings. The van der Waals surface area contributed by atoms with E-state index >= 15 is 0 Å². The lowest BCUT2D eigenvalue weighted by molar-refractivity contribution is -0.138. The molecular weight excluding hydrogens is 310 g/mol. The second-order valence-electron chi connectivity index (χ2n) is 4.99. The highest BCUT2D eigenvalue weighted by atomic mass is 32.2. The summed E-state index contributed by atoms with van der Waals surface area (Å²) >= 11 is 0. The summed E-state index contributed by atoms with van der Waals surface area (Å²) in [5.41, 5.74) is 6.27. The maximum atomic E-state index is 10.7. The number of carboxylic acids is 1. The average molecular weight is 331 g/mol. The van der Waals surface area contributed by atoms with Crippen LogP contribution in [0, 0.1) is 0 Å². The van der Waals surface area contributed by atoms with Crippen LogP contribution in [-0.4, -0.2) is 42.4 Å². The fourth-order valence-corrected chi connectivity index (χ4v) is 2.39. The van der Waals surface area contributed by atoms with E-state index in [0.29, 0.717) is 31.6 Å². The molecule has 0 saturated heterocycles. The van der Waals surface area contributed by atoms with Crippen LogP contribution in [0.4, 0.5) is 0 Å². The van der Waals surface area contributed by atoms with E-state index in [4.69, 9.17) is 20.1 Å². The van der Waals surface area contributed by atoms with Crippen LogP contribution in [0.15, 0.2) is 24.3 Å². The van der Waals surface area contributed by atoms with Gasteiger partial charge in [-0.15, -0.1) is 0 Å². The molecule has 0 amide bonds. The first kappa shape index (κ1) is 18.4. The van der Waals surface area contributed by atoms with Crippen molar-refractivity contribution in [2.75, 3.05) is 12.4 Å². The fraction of sp³-hybridized carbons (Fsp3) is 0.500. The van der Waals surface area contributed by atoms with E-state index in [1.54, 1.807) is 24.3 Å². The van der Waals surface area contributed by atoms with E-state index in [1.165, 1.54) is 0 Å². The Morgan fingerprint density at radius 3 is 2.36 bits per heavy atom. The Morgan fingerprint density at radius 2 is 1.82 bits per heavy atom.